The topological polar surface area (TPSA) is 81.1 Å². The van der Waals surface area contributed by atoms with E-state index in [4.69, 9.17) is 0 Å². The molecule has 21 heavy (non-hydrogen) atoms. The predicted octanol–water partition coefficient (Wildman–Crippen LogP) is 1.53. The van der Waals surface area contributed by atoms with Crippen LogP contribution in [0.5, 0.6) is 0 Å². The number of imidazole rings is 1. The van der Waals surface area contributed by atoms with Crippen molar-refractivity contribution in [2.24, 2.45) is 0 Å². The molecule has 0 atom stereocenters. The van der Waals surface area contributed by atoms with Crippen molar-refractivity contribution in [1.29, 1.82) is 0 Å². The maximum Gasteiger partial charge on any atom is 0.205 e. The fraction of sp³-hybridized carbons (Fsp3) is 0.0769. The Hall–Kier alpha value is -2.58. The van der Waals surface area contributed by atoms with E-state index in [1.165, 1.54) is 16.1 Å². The average molecular weight is 298 g/mol. The molecule has 1 aromatic carbocycles. The zero-order valence-electron chi connectivity index (χ0n) is 10.8. The van der Waals surface area contributed by atoms with Gasteiger partial charge in [-0.3, -0.25) is 4.40 Å². The van der Waals surface area contributed by atoms with Crippen molar-refractivity contribution < 1.29 is 5.11 Å². The molecule has 0 radical (unpaired) electrons. The fourth-order valence-electron chi connectivity index (χ4n) is 2.14. The number of nitrogens with zero attached hydrogens (tertiary/aromatic N) is 6. The van der Waals surface area contributed by atoms with Gasteiger partial charge in [0.25, 0.3) is 0 Å². The third-order valence-corrected chi connectivity index (χ3v) is 3.88. The van der Waals surface area contributed by atoms with Gasteiger partial charge in [0.1, 0.15) is 0 Å². The van der Waals surface area contributed by atoms with Gasteiger partial charge in [0.15, 0.2) is 4.96 Å². The number of aliphatic hydroxyl groups excluding tert-OH is 1. The Kier molecular flexibility index (Phi) is 2.76. The van der Waals surface area contributed by atoms with Crippen LogP contribution in [0.1, 0.15) is 5.69 Å². The number of thiazole rings is 1. The summed E-state index contributed by atoms with van der Waals surface area (Å²) >= 11 is 1.49. The quantitative estimate of drug-likeness (QED) is 0.620. The molecule has 8 heteroatoms. The predicted molar refractivity (Wildman–Crippen MR) is 77.1 cm³/mol. The van der Waals surface area contributed by atoms with Gasteiger partial charge in [-0.2, -0.15) is 4.98 Å². The second-order valence-corrected chi connectivity index (χ2v) is 5.24. The summed E-state index contributed by atoms with van der Waals surface area (Å²) in [5.41, 5.74) is 1.53. The third-order valence-electron chi connectivity index (χ3n) is 3.12. The van der Waals surface area contributed by atoms with E-state index in [1.54, 1.807) is 0 Å². The minimum Gasteiger partial charge on any atom is -0.390 e. The number of tetrazole rings is 1. The number of aliphatic hydroxyl groups is 1. The van der Waals surface area contributed by atoms with Gasteiger partial charge in [-0.1, -0.05) is 30.3 Å². The molecular weight excluding hydrogens is 288 g/mol. The van der Waals surface area contributed by atoms with Crippen LogP contribution in [0.2, 0.25) is 0 Å². The van der Waals surface area contributed by atoms with Gasteiger partial charge in [0.2, 0.25) is 11.6 Å². The van der Waals surface area contributed by atoms with Gasteiger partial charge in [-0.15, -0.1) is 26.3 Å². The lowest BCUT2D eigenvalue weighted by molar-refractivity contribution is 0.275. The lowest BCUT2D eigenvalue weighted by Crippen LogP contribution is -2.04. The highest BCUT2D eigenvalue weighted by Gasteiger charge is 2.17. The van der Waals surface area contributed by atoms with Gasteiger partial charge in [-0.05, 0) is 5.21 Å². The smallest absolute Gasteiger partial charge is 0.205 e. The number of fused-ring (bicyclic) bond motifs is 1. The van der Waals surface area contributed by atoms with Crippen molar-refractivity contribution in [3.05, 3.63) is 47.6 Å². The summed E-state index contributed by atoms with van der Waals surface area (Å²) in [5, 5.41) is 23.9. The van der Waals surface area contributed by atoms with Crippen molar-refractivity contribution in [3.63, 3.8) is 0 Å². The fourth-order valence-corrected chi connectivity index (χ4v) is 2.86. The largest absolute Gasteiger partial charge is 0.390 e. The van der Waals surface area contributed by atoms with Gasteiger partial charge in [0.05, 0.1) is 12.3 Å². The molecule has 4 rings (SSSR count). The van der Waals surface area contributed by atoms with Crippen LogP contribution in [0.3, 0.4) is 0 Å². The number of hydrogen-bond acceptors (Lipinski definition) is 6. The zero-order valence-corrected chi connectivity index (χ0v) is 11.6. The second kappa shape index (κ2) is 4.76. The molecule has 0 bridgehead atoms. The summed E-state index contributed by atoms with van der Waals surface area (Å²) in [6.07, 6.45) is 1.86. The molecule has 104 valence electrons. The van der Waals surface area contributed by atoms with Crippen LogP contribution in [0, 0.1) is 0 Å². The maximum absolute atomic E-state index is 9.56. The number of aromatic nitrogens is 6. The van der Waals surface area contributed by atoms with Gasteiger partial charge < -0.3 is 5.11 Å². The van der Waals surface area contributed by atoms with Crippen molar-refractivity contribution in [3.8, 4) is 17.2 Å². The van der Waals surface area contributed by atoms with E-state index in [2.05, 4.69) is 20.4 Å². The second-order valence-electron chi connectivity index (χ2n) is 4.36. The first-order valence-electron chi connectivity index (χ1n) is 6.28. The first-order valence-corrected chi connectivity index (χ1v) is 7.16. The summed E-state index contributed by atoms with van der Waals surface area (Å²) in [4.78, 5) is 6.58. The van der Waals surface area contributed by atoms with Gasteiger partial charge >= 0.3 is 0 Å². The Balaban J connectivity index is 1.82. The molecule has 0 fully saturated rings. The summed E-state index contributed by atoms with van der Waals surface area (Å²) in [6, 6.07) is 9.60. The Morgan fingerprint density at radius 3 is 2.86 bits per heavy atom. The minimum absolute atomic E-state index is 0.143. The Morgan fingerprint density at radius 1 is 1.19 bits per heavy atom. The Morgan fingerprint density at radius 2 is 2.05 bits per heavy atom. The standard InChI is InChI=1S/C13H10N6OS/c20-8-10-12(14-13-18(10)6-7-21-13)19-16-11(15-17-19)9-4-2-1-3-5-9/h1-7,20H,8H2. The highest BCUT2D eigenvalue weighted by Crippen LogP contribution is 2.20. The Labute approximate surface area is 123 Å². The molecule has 1 N–H and O–H groups in total. The van der Waals surface area contributed by atoms with Crippen LogP contribution in [-0.2, 0) is 6.61 Å². The number of rotatable bonds is 3. The number of benzene rings is 1. The normalized spacial score (nSPS) is 11.3. The van der Waals surface area contributed by atoms with Crippen molar-refractivity contribution >= 4 is 16.3 Å². The molecule has 0 spiro atoms. The Bertz CT molecular complexity index is 894. The summed E-state index contributed by atoms with van der Waals surface area (Å²) in [7, 11) is 0. The van der Waals surface area contributed by atoms with E-state index in [-0.39, 0.29) is 6.61 Å². The van der Waals surface area contributed by atoms with Crippen molar-refractivity contribution in [2.75, 3.05) is 0 Å². The van der Waals surface area contributed by atoms with Crippen LogP contribution >= 0.6 is 11.3 Å². The maximum atomic E-state index is 9.56. The summed E-state index contributed by atoms with van der Waals surface area (Å²) in [6.45, 7) is -0.143. The van der Waals surface area contributed by atoms with Crippen LogP contribution in [0.4, 0.5) is 0 Å². The van der Waals surface area contributed by atoms with Gasteiger partial charge in [-0.25, -0.2) is 0 Å². The monoisotopic (exact) mass is 298 g/mol. The van der Waals surface area contributed by atoms with Gasteiger partial charge in [0, 0.05) is 17.1 Å². The van der Waals surface area contributed by atoms with Crippen LogP contribution in [0.25, 0.3) is 22.2 Å². The molecule has 0 amide bonds. The molecule has 4 aromatic rings. The van der Waals surface area contributed by atoms with E-state index >= 15 is 0 Å². The SMILES string of the molecule is OCc1c(-n2nnc(-c3ccccc3)n2)nc2sccn12. The summed E-state index contributed by atoms with van der Waals surface area (Å²) < 4.78 is 1.82. The molecule has 3 heterocycles. The first kappa shape index (κ1) is 12.2. The molecule has 0 aliphatic carbocycles. The van der Waals surface area contributed by atoms with Crippen molar-refractivity contribution in [2.45, 2.75) is 6.61 Å². The van der Waals surface area contributed by atoms with Crippen LogP contribution in [0.15, 0.2) is 41.9 Å². The molecule has 0 aliphatic rings. The van der Waals surface area contributed by atoms with E-state index in [9.17, 15) is 5.11 Å². The van der Waals surface area contributed by atoms with E-state index < -0.39 is 0 Å². The zero-order chi connectivity index (χ0) is 14.2. The van der Waals surface area contributed by atoms with Crippen molar-refractivity contribution in [1.82, 2.24) is 29.6 Å². The molecule has 0 unspecified atom stereocenters. The highest BCUT2D eigenvalue weighted by molar-refractivity contribution is 7.15. The molecule has 0 saturated carbocycles. The molecule has 3 aromatic heterocycles. The molecule has 7 nitrogen and oxygen atoms in total. The number of hydrogen-bond donors (Lipinski definition) is 1. The molecule has 0 saturated heterocycles. The average Bonchev–Trinajstić information content (AvgIpc) is 3.22. The van der Waals surface area contributed by atoms with E-state index in [0.717, 1.165) is 10.5 Å². The van der Waals surface area contributed by atoms with Crippen LogP contribution < -0.4 is 0 Å². The molecular formula is C13H10N6OS. The van der Waals surface area contributed by atoms with E-state index in [0.29, 0.717) is 17.3 Å². The lowest BCUT2D eigenvalue weighted by Gasteiger charge is -1.97. The first-order chi connectivity index (χ1) is 10.4. The third kappa shape index (κ3) is 1.92. The highest BCUT2D eigenvalue weighted by atomic mass is 32.1. The minimum atomic E-state index is -0.143. The molecule has 0 aliphatic heterocycles. The van der Waals surface area contributed by atoms with Crippen LogP contribution in [-0.4, -0.2) is 34.7 Å². The van der Waals surface area contributed by atoms with E-state index in [1.807, 2.05) is 46.3 Å². The summed E-state index contributed by atoms with van der Waals surface area (Å²) in [5.74, 6) is 1.02. The lowest BCUT2D eigenvalue weighted by atomic mass is 10.2.